The summed E-state index contributed by atoms with van der Waals surface area (Å²) in [5, 5.41) is 3.68. The first-order valence-corrected chi connectivity index (χ1v) is 7.12. The van der Waals surface area contributed by atoms with Crippen LogP contribution in [-0.4, -0.2) is 23.8 Å². The van der Waals surface area contributed by atoms with E-state index < -0.39 is 0 Å². The van der Waals surface area contributed by atoms with Gasteiger partial charge >= 0.3 is 0 Å². The molecule has 0 amide bonds. The van der Waals surface area contributed by atoms with E-state index in [4.69, 9.17) is 16.1 Å². The number of benzene rings is 1. The molecule has 0 radical (unpaired) electrons. The van der Waals surface area contributed by atoms with Crippen molar-refractivity contribution in [2.45, 2.75) is 19.9 Å². The van der Waals surface area contributed by atoms with Crippen LogP contribution >= 0.6 is 11.6 Å². The lowest BCUT2D eigenvalue weighted by molar-refractivity contribution is -0.614. The molecule has 2 aromatic rings. The van der Waals surface area contributed by atoms with Crippen LogP contribution in [0, 0.1) is 0 Å². The van der Waals surface area contributed by atoms with Crippen molar-refractivity contribution in [2.24, 2.45) is 4.99 Å². The normalized spacial score (nSPS) is 15.3. The summed E-state index contributed by atoms with van der Waals surface area (Å²) in [6.07, 6.45) is 1.11. The molecule has 0 atom stereocenters. The molecule has 5 heteroatoms. The minimum absolute atomic E-state index is 0.708. The molecule has 0 saturated heterocycles. The summed E-state index contributed by atoms with van der Waals surface area (Å²) < 4.78 is 5.53. The standard InChI is InChI=1S/C15H16ClN3O/c1-11-17-6-3-7-19(11)10-14-9-15(20-18-14)12-4-2-5-13(16)8-12/h2,4-5,8-9H,3,6-7,10H2,1H3/p+1. The number of aliphatic imine (C=N–C) groups is 1. The largest absolute Gasteiger partial charge is 0.350 e. The van der Waals surface area contributed by atoms with Crippen LogP contribution in [0.15, 0.2) is 39.8 Å². The van der Waals surface area contributed by atoms with E-state index in [0.29, 0.717) is 5.02 Å². The molecule has 104 valence electrons. The van der Waals surface area contributed by atoms with Gasteiger partial charge in [0.1, 0.15) is 6.54 Å². The number of amidine groups is 1. The number of H-pyrrole nitrogens is 1. The van der Waals surface area contributed by atoms with Crippen molar-refractivity contribution in [1.82, 2.24) is 4.90 Å². The predicted octanol–water partition coefficient (Wildman–Crippen LogP) is 3.04. The Morgan fingerprint density at radius 3 is 3.10 bits per heavy atom. The molecule has 0 fully saturated rings. The Morgan fingerprint density at radius 1 is 1.40 bits per heavy atom. The fraction of sp³-hybridized carbons (Fsp3) is 0.333. The summed E-state index contributed by atoms with van der Waals surface area (Å²) in [6.45, 7) is 4.82. The zero-order valence-corrected chi connectivity index (χ0v) is 12.2. The Labute approximate surface area is 123 Å². The molecule has 3 rings (SSSR count). The quantitative estimate of drug-likeness (QED) is 0.872. The third-order valence-electron chi connectivity index (χ3n) is 3.45. The highest BCUT2D eigenvalue weighted by Gasteiger charge is 2.18. The Kier molecular flexibility index (Phi) is 3.74. The lowest BCUT2D eigenvalue weighted by atomic mass is 10.1. The molecule has 2 heterocycles. The SMILES string of the molecule is CC1=NCCCN1Cc1cc(-c2cccc(Cl)c2)o[nH+]1. The molecule has 1 aliphatic heterocycles. The summed E-state index contributed by atoms with van der Waals surface area (Å²) >= 11 is 6.00. The fourth-order valence-corrected chi connectivity index (χ4v) is 2.55. The summed E-state index contributed by atoms with van der Waals surface area (Å²) in [6, 6.07) is 9.67. The molecule has 0 spiro atoms. The molecule has 1 aromatic carbocycles. The lowest BCUT2D eigenvalue weighted by Gasteiger charge is -2.25. The first-order valence-electron chi connectivity index (χ1n) is 6.75. The molecular formula is C15H17ClN3O+. The van der Waals surface area contributed by atoms with E-state index in [9.17, 15) is 0 Å². The molecule has 0 saturated carbocycles. The van der Waals surface area contributed by atoms with Crippen LogP contribution in [0.2, 0.25) is 5.02 Å². The van der Waals surface area contributed by atoms with Crippen molar-refractivity contribution >= 4 is 17.4 Å². The predicted molar refractivity (Wildman–Crippen MR) is 78.7 cm³/mol. The van der Waals surface area contributed by atoms with Crippen molar-refractivity contribution in [1.29, 1.82) is 0 Å². The third kappa shape index (κ3) is 2.85. The Hall–Kier alpha value is -1.81. The Morgan fingerprint density at radius 2 is 2.30 bits per heavy atom. The monoisotopic (exact) mass is 290 g/mol. The highest BCUT2D eigenvalue weighted by atomic mass is 35.5. The van der Waals surface area contributed by atoms with Crippen molar-refractivity contribution in [3.63, 3.8) is 0 Å². The number of aromatic nitrogens is 1. The van der Waals surface area contributed by atoms with E-state index in [1.165, 1.54) is 0 Å². The number of aromatic amines is 1. The highest BCUT2D eigenvalue weighted by molar-refractivity contribution is 6.30. The average Bonchev–Trinajstić information content (AvgIpc) is 2.90. The van der Waals surface area contributed by atoms with Crippen molar-refractivity contribution in [3.8, 4) is 11.3 Å². The van der Waals surface area contributed by atoms with Gasteiger partial charge in [0.25, 0.3) is 0 Å². The van der Waals surface area contributed by atoms with Gasteiger partial charge in [0, 0.05) is 23.7 Å². The smallest absolute Gasteiger partial charge is 0.248 e. The number of nitrogens with zero attached hydrogens (tertiary/aromatic N) is 2. The average molecular weight is 291 g/mol. The zero-order valence-electron chi connectivity index (χ0n) is 11.4. The van der Waals surface area contributed by atoms with Crippen LogP contribution in [0.4, 0.5) is 0 Å². The fourth-order valence-electron chi connectivity index (χ4n) is 2.36. The molecule has 1 N–H and O–H groups in total. The van der Waals surface area contributed by atoms with E-state index >= 15 is 0 Å². The molecular weight excluding hydrogens is 274 g/mol. The summed E-state index contributed by atoms with van der Waals surface area (Å²) in [7, 11) is 0. The van der Waals surface area contributed by atoms with Gasteiger partial charge < -0.3 is 4.90 Å². The molecule has 0 bridgehead atoms. The van der Waals surface area contributed by atoms with Gasteiger partial charge in [0.05, 0.1) is 11.9 Å². The van der Waals surface area contributed by atoms with E-state index in [0.717, 1.165) is 48.9 Å². The topological polar surface area (TPSA) is 42.9 Å². The number of rotatable bonds is 3. The van der Waals surface area contributed by atoms with E-state index in [-0.39, 0.29) is 0 Å². The third-order valence-corrected chi connectivity index (χ3v) is 3.69. The first-order chi connectivity index (χ1) is 9.72. The van der Waals surface area contributed by atoms with E-state index in [1.54, 1.807) is 0 Å². The Balaban J connectivity index is 1.77. The van der Waals surface area contributed by atoms with Gasteiger partial charge in [-0.25, -0.2) is 4.52 Å². The molecule has 1 aliphatic rings. The van der Waals surface area contributed by atoms with E-state index in [2.05, 4.69) is 22.0 Å². The van der Waals surface area contributed by atoms with Crippen LogP contribution in [-0.2, 0) is 6.54 Å². The molecule has 4 nitrogen and oxygen atoms in total. The summed E-state index contributed by atoms with van der Waals surface area (Å²) in [5.74, 6) is 1.89. The van der Waals surface area contributed by atoms with Crippen molar-refractivity contribution < 1.29 is 9.68 Å². The summed E-state index contributed by atoms with van der Waals surface area (Å²) in [5.41, 5.74) is 2.01. The van der Waals surface area contributed by atoms with E-state index in [1.807, 2.05) is 30.3 Å². The number of halogens is 1. The van der Waals surface area contributed by atoms with Crippen LogP contribution in [0.1, 0.15) is 19.0 Å². The zero-order chi connectivity index (χ0) is 13.9. The van der Waals surface area contributed by atoms with Gasteiger partial charge in [-0.05, 0) is 30.6 Å². The van der Waals surface area contributed by atoms with Crippen molar-refractivity contribution in [3.05, 3.63) is 41.0 Å². The van der Waals surface area contributed by atoms with Gasteiger partial charge in [0.2, 0.25) is 11.5 Å². The number of nitrogens with one attached hydrogen (secondary N) is 1. The molecule has 1 aromatic heterocycles. The van der Waals surface area contributed by atoms with Gasteiger partial charge in [-0.2, -0.15) is 0 Å². The maximum Gasteiger partial charge on any atom is 0.248 e. The minimum atomic E-state index is 0.708. The number of hydrogen-bond donors (Lipinski definition) is 0. The van der Waals surface area contributed by atoms with Gasteiger partial charge in [-0.3, -0.25) is 4.99 Å². The van der Waals surface area contributed by atoms with Gasteiger partial charge in [-0.15, -0.1) is 0 Å². The van der Waals surface area contributed by atoms with Crippen LogP contribution in [0.3, 0.4) is 0 Å². The first kappa shape index (κ1) is 13.2. The van der Waals surface area contributed by atoms with Crippen LogP contribution < -0.4 is 5.16 Å². The van der Waals surface area contributed by atoms with Gasteiger partial charge in [-0.1, -0.05) is 23.7 Å². The van der Waals surface area contributed by atoms with Crippen LogP contribution in [0.25, 0.3) is 11.3 Å². The minimum Gasteiger partial charge on any atom is -0.350 e. The van der Waals surface area contributed by atoms with Gasteiger partial charge in [0.15, 0.2) is 0 Å². The summed E-state index contributed by atoms with van der Waals surface area (Å²) in [4.78, 5) is 6.72. The second-order valence-corrected chi connectivity index (χ2v) is 5.39. The maximum absolute atomic E-state index is 6.00. The highest BCUT2D eigenvalue weighted by Crippen LogP contribution is 2.22. The second kappa shape index (κ2) is 5.67. The number of hydrogen-bond acceptors (Lipinski definition) is 3. The lowest BCUT2D eigenvalue weighted by Crippen LogP contribution is -2.34. The maximum atomic E-state index is 6.00. The van der Waals surface area contributed by atoms with Crippen LogP contribution in [0.5, 0.6) is 0 Å². The molecule has 0 unspecified atom stereocenters. The molecule has 20 heavy (non-hydrogen) atoms. The van der Waals surface area contributed by atoms with Crippen molar-refractivity contribution in [2.75, 3.05) is 13.1 Å². The Bertz CT molecular complexity index is 636. The second-order valence-electron chi connectivity index (χ2n) is 4.95. The molecule has 0 aliphatic carbocycles.